The van der Waals surface area contributed by atoms with E-state index in [0.29, 0.717) is 6.54 Å². The number of nitrogens with two attached hydrogens (primary N) is 1. The molecule has 0 aliphatic rings. The smallest absolute Gasteiger partial charge is 0.321 e. The molecule has 94 valence electrons. The van der Waals surface area contributed by atoms with Crippen molar-refractivity contribution in [1.82, 2.24) is 5.32 Å². The number of methoxy groups -OCH3 is 1. The van der Waals surface area contributed by atoms with Gasteiger partial charge in [-0.3, -0.25) is 4.79 Å². The molecule has 0 saturated carbocycles. The van der Waals surface area contributed by atoms with Gasteiger partial charge in [-0.1, -0.05) is 12.1 Å². The zero-order valence-corrected chi connectivity index (χ0v) is 9.85. The topological polar surface area (TPSA) is 84.6 Å². The summed E-state index contributed by atoms with van der Waals surface area (Å²) in [4.78, 5) is 10.5. The Balaban J connectivity index is 2.24. The molecule has 0 heterocycles. The molecule has 0 aliphatic carbocycles. The minimum Gasteiger partial charge on any atom is -0.497 e. The number of carbonyl (C=O) groups is 1. The van der Waals surface area contributed by atoms with E-state index < -0.39 is 12.0 Å². The van der Waals surface area contributed by atoms with Gasteiger partial charge in [0.1, 0.15) is 11.8 Å². The summed E-state index contributed by atoms with van der Waals surface area (Å²) in [6.07, 6.45) is 0.830. The van der Waals surface area contributed by atoms with E-state index >= 15 is 0 Å². The molecule has 0 spiro atoms. The molecule has 5 nitrogen and oxygen atoms in total. The molecule has 1 unspecified atom stereocenters. The first-order valence-corrected chi connectivity index (χ1v) is 5.45. The second-order valence-corrected chi connectivity index (χ2v) is 3.75. The third-order valence-electron chi connectivity index (χ3n) is 2.43. The van der Waals surface area contributed by atoms with Crippen molar-refractivity contribution in [3.63, 3.8) is 0 Å². The molecule has 0 aromatic heterocycles. The summed E-state index contributed by atoms with van der Waals surface area (Å²) in [5.74, 6) is -0.156. The average molecular weight is 238 g/mol. The van der Waals surface area contributed by atoms with Crippen LogP contribution in [-0.4, -0.2) is 37.3 Å². The minimum atomic E-state index is -0.984. The number of carboxylic acid groups (broad SMARTS) is 1. The van der Waals surface area contributed by atoms with Crippen molar-refractivity contribution < 1.29 is 14.6 Å². The fraction of sp³-hybridized carbons (Fsp3) is 0.417. The molecule has 1 atom stereocenters. The highest BCUT2D eigenvalue weighted by Crippen LogP contribution is 2.11. The summed E-state index contributed by atoms with van der Waals surface area (Å²) >= 11 is 0. The zero-order valence-electron chi connectivity index (χ0n) is 9.85. The fourth-order valence-corrected chi connectivity index (χ4v) is 1.37. The monoisotopic (exact) mass is 238 g/mol. The van der Waals surface area contributed by atoms with Crippen LogP contribution in [0.1, 0.15) is 5.56 Å². The third kappa shape index (κ3) is 4.84. The van der Waals surface area contributed by atoms with Gasteiger partial charge in [0.2, 0.25) is 0 Å². The lowest BCUT2D eigenvalue weighted by Crippen LogP contribution is -2.40. The number of benzene rings is 1. The van der Waals surface area contributed by atoms with Gasteiger partial charge in [0.05, 0.1) is 7.11 Å². The molecule has 1 aromatic rings. The predicted molar refractivity (Wildman–Crippen MR) is 65.2 cm³/mol. The van der Waals surface area contributed by atoms with E-state index in [4.69, 9.17) is 15.6 Å². The Bertz CT molecular complexity index is 351. The minimum absolute atomic E-state index is 0.283. The number of ether oxygens (including phenoxy) is 1. The van der Waals surface area contributed by atoms with Gasteiger partial charge < -0.3 is 20.9 Å². The van der Waals surface area contributed by atoms with E-state index in [0.717, 1.165) is 12.2 Å². The molecule has 0 saturated heterocycles. The van der Waals surface area contributed by atoms with Crippen LogP contribution in [0.4, 0.5) is 0 Å². The Labute approximate surface area is 101 Å². The van der Waals surface area contributed by atoms with E-state index in [1.807, 2.05) is 24.3 Å². The van der Waals surface area contributed by atoms with E-state index in [1.54, 1.807) is 7.11 Å². The molecular formula is C12H18N2O3. The van der Waals surface area contributed by atoms with Crippen molar-refractivity contribution in [2.45, 2.75) is 12.5 Å². The van der Waals surface area contributed by atoms with Crippen molar-refractivity contribution in [3.8, 4) is 5.75 Å². The fourth-order valence-electron chi connectivity index (χ4n) is 1.37. The van der Waals surface area contributed by atoms with E-state index in [-0.39, 0.29) is 6.54 Å². The number of aliphatic carboxylic acids is 1. The highest BCUT2D eigenvalue weighted by atomic mass is 16.5. The lowest BCUT2D eigenvalue weighted by atomic mass is 10.1. The van der Waals surface area contributed by atoms with Crippen LogP contribution in [0.15, 0.2) is 24.3 Å². The van der Waals surface area contributed by atoms with Gasteiger partial charge in [-0.15, -0.1) is 0 Å². The summed E-state index contributed by atoms with van der Waals surface area (Å²) in [5.41, 5.74) is 6.52. The van der Waals surface area contributed by atoms with Crippen molar-refractivity contribution in [1.29, 1.82) is 0 Å². The molecule has 0 radical (unpaired) electrons. The Morgan fingerprint density at radius 2 is 2.12 bits per heavy atom. The Kier molecular flexibility index (Phi) is 5.45. The van der Waals surface area contributed by atoms with Crippen LogP contribution in [0.5, 0.6) is 5.75 Å². The number of nitrogens with one attached hydrogen (secondary N) is 1. The molecule has 1 rings (SSSR count). The molecule has 0 aliphatic heterocycles. The number of hydrogen-bond donors (Lipinski definition) is 3. The SMILES string of the molecule is COc1ccc(CCNCC(N)C(=O)O)cc1. The Hall–Kier alpha value is -1.59. The van der Waals surface area contributed by atoms with Crippen molar-refractivity contribution in [2.24, 2.45) is 5.73 Å². The van der Waals surface area contributed by atoms with E-state index in [9.17, 15) is 4.79 Å². The normalized spacial score (nSPS) is 12.1. The number of rotatable bonds is 7. The maximum Gasteiger partial charge on any atom is 0.321 e. The van der Waals surface area contributed by atoms with Crippen molar-refractivity contribution in [3.05, 3.63) is 29.8 Å². The molecule has 4 N–H and O–H groups in total. The second kappa shape index (κ2) is 6.88. The first-order valence-electron chi connectivity index (χ1n) is 5.45. The highest BCUT2D eigenvalue weighted by Gasteiger charge is 2.09. The summed E-state index contributed by atoms with van der Waals surface area (Å²) in [6.45, 7) is 0.985. The van der Waals surface area contributed by atoms with Crippen LogP contribution in [0.2, 0.25) is 0 Å². The molecule has 17 heavy (non-hydrogen) atoms. The number of carboxylic acids is 1. The molecule has 1 aromatic carbocycles. The Morgan fingerprint density at radius 1 is 1.47 bits per heavy atom. The summed E-state index contributed by atoms with van der Waals surface area (Å²) in [6, 6.07) is 6.93. The van der Waals surface area contributed by atoms with Gasteiger partial charge in [0.15, 0.2) is 0 Å². The van der Waals surface area contributed by atoms with E-state index in [1.165, 1.54) is 5.56 Å². The van der Waals surface area contributed by atoms with Gasteiger partial charge in [-0.05, 0) is 30.7 Å². The van der Waals surface area contributed by atoms with Crippen LogP contribution in [0, 0.1) is 0 Å². The second-order valence-electron chi connectivity index (χ2n) is 3.75. The Morgan fingerprint density at radius 3 is 2.65 bits per heavy atom. The van der Waals surface area contributed by atoms with Crippen molar-refractivity contribution in [2.75, 3.05) is 20.2 Å². The van der Waals surface area contributed by atoms with Crippen LogP contribution in [0.25, 0.3) is 0 Å². The standard InChI is InChI=1S/C12H18N2O3/c1-17-10-4-2-9(3-5-10)6-7-14-8-11(13)12(15)16/h2-5,11,14H,6-8,13H2,1H3,(H,15,16). The first-order chi connectivity index (χ1) is 8.13. The quantitative estimate of drug-likeness (QED) is 0.592. The average Bonchev–Trinajstić information content (AvgIpc) is 2.35. The maximum absolute atomic E-state index is 10.5. The largest absolute Gasteiger partial charge is 0.497 e. The lowest BCUT2D eigenvalue weighted by Gasteiger charge is -2.08. The summed E-state index contributed by atoms with van der Waals surface area (Å²) in [7, 11) is 1.63. The molecule has 0 amide bonds. The highest BCUT2D eigenvalue weighted by molar-refractivity contribution is 5.73. The molecular weight excluding hydrogens is 220 g/mol. The van der Waals surface area contributed by atoms with Gasteiger partial charge in [0, 0.05) is 6.54 Å². The number of hydrogen-bond acceptors (Lipinski definition) is 4. The lowest BCUT2D eigenvalue weighted by molar-refractivity contribution is -0.138. The van der Waals surface area contributed by atoms with Gasteiger partial charge in [0.25, 0.3) is 0 Å². The summed E-state index contributed by atoms with van der Waals surface area (Å²) < 4.78 is 5.06. The van der Waals surface area contributed by atoms with Crippen LogP contribution in [-0.2, 0) is 11.2 Å². The zero-order chi connectivity index (χ0) is 12.7. The molecule has 5 heteroatoms. The first kappa shape index (κ1) is 13.5. The van der Waals surface area contributed by atoms with E-state index in [2.05, 4.69) is 5.32 Å². The maximum atomic E-state index is 10.5. The van der Waals surface area contributed by atoms with Crippen molar-refractivity contribution >= 4 is 5.97 Å². The predicted octanol–water partition coefficient (Wildman–Crippen LogP) is 0.239. The van der Waals surface area contributed by atoms with Gasteiger partial charge >= 0.3 is 5.97 Å². The van der Waals surface area contributed by atoms with Gasteiger partial charge in [-0.2, -0.15) is 0 Å². The van der Waals surface area contributed by atoms with Crippen LogP contribution in [0.3, 0.4) is 0 Å². The summed E-state index contributed by atoms with van der Waals surface area (Å²) in [5, 5.41) is 11.6. The van der Waals surface area contributed by atoms with Crippen LogP contribution >= 0.6 is 0 Å². The van der Waals surface area contributed by atoms with Gasteiger partial charge in [-0.25, -0.2) is 0 Å². The molecule has 0 bridgehead atoms. The molecule has 0 fully saturated rings. The third-order valence-corrected chi connectivity index (χ3v) is 2.43. The van der Waals surface area contributed by atoms with Crippen LogP contribution < -0.4 is 15.8 Å².